The molecule has 0 aliphatic rings. The number of carbonyl (C=O) groups excluding carboxylic acids is 1. The number of nitrogen functional groups attached to an aromatic ring is 1. The SMILES string of the molecule is Nc1ccc(Br)c(C(=O)c2ccc(Br)c(Cl)c2F)c1. The molecule has 0 atom stereocenters. The molecule has 0 unspecified atom stereocenters. The summed E-state index contributed by atoms with van der Waals surface area (Å²) < 4.78 is 14.9. The topological polar surface area (TPSA) is 43.1 Å². The number of ketones is 1. The molecular formula is C13H7Br2ClFNO. The van der Waals surface area contributed by atoms with Crippen molar-refractivity contribution in [3.63, 3.8) is 0 Å². The summed E-state index contributed by atoms with van der Waals surface area (Å²) in [6, 6.07) is 7.68. The molecule has 2 nitrogen and oxygen atoms in total. The van der Waals surface area contributed by atoms with Gasteiger partial charge in [-0.1, -0.05) is 27.5 Å². The molecular weight excluding hydrogens is 400 g/mol. The molecule has 0 bridgehead atoms. The minimum absolute atomic E-state index is 0.0977. The van der Waals surface area contributed by atoms with Crippen molar-refractivity contribution in [3.05, 3.63) is 61.2 Å². The second-order valence-electron chi connectivity index (χ2n) is 3.79. The summed E-state index contributed by atoms with van der Waals surface area (Å²) in [5.41, 5.74) is 6.25. The molecule has 0 aromatic heterocycles. The quantitative estimate of drug-likeness (QED) is 0.441. The van der Waals surface area contributed by atoms with Gasteiger partial charge in [-0.05, 0) is 46.3 Å². The molecule has 98 valence electrons. The van der Waals surface area contributed by atoms with Gasteiger partial charge in [-0.2, -0.15) is 0 Å². The highest BCUT2D eigenvalue weighted by Gasteiger charge is 2.20. The molecule has 0 saturated carbocycles. The first kappa shape index (κ1) is 14.5. The second-order valence-corrected chi connectivity index (χ2v) is 5.88. The Bertz CT molecular complexity index is 676. The van der Waals surface area contributed by atoms with E-state index in [1.807, 2.05) is 0 Å². The summed E-state index contributed by atoms with van der Waals surface area (Å²) in [7, 11) is 0. The van der Waals surface area contributed by atoms with Crippen molar-refractivity contribution in [2.24, 2.45) is 0 Å². The van der Waals surface area contributed by atoms with Crippen molar-refractivity contribution in [2.75, 3.05) is 5.73 Å². The zero-order valence-corrected chi connectivity index (χ0v) is 13.3. The van der Waals surface area contributed by atoms with Gasteiger partial charge in [-0.15, -0.1) is 0 Å². The third-order valence-electron chi connectivity index (χ3n) is 2.51. The fraction of sp³-hybridized carbons (Fsp3) is 0. The van der Waals surface area contributed by atoms with Gasteiger partial charge in [0.15, 0.2) is 11.6 Å². The Labute approximate surface area is 131 Å². The predicted octanol–water partition coefficient (Wildman–Crippen LogP) is 4.82. The highest BCUT2D eigenvalue weighted by Crippen LogP contribution is 2.30. The fourth-order valence-corrected chi connectivity index (χ4v) is 2.46. The molecule has 0 radical (unpaired) electrons. The smallest absolute Gasteiger partial charge is 0.197 e. The van der Waals surface area contributed by atoms with E-state index >= 15 is 0 Å². The van der Waals surface area contributed by atoms with Crippen LogP contribution < -0.4 is 5.73 Å². The zero-order valence-electron chi connectivity index (χ0n) is 9.38. The average molecular weight is 407 g/mol. The fourth-order valence-electron chi connectivity index (χ4n) is 1.56. The molecule has 0 saturated heterocycles. The summed E-state index contributed by atoms with van der Waals surface area (Å²) in [6.07, 6.45) is 0. The van der Waals surface area contributed by atoms with Gasteiger partial charge in [0.1, 0.15) is 0 Å². The van der Waals surface area contributed by atoms with Gasteiger partial charge in [-0.3, -0.25) is 4.79 Å². The normalized spacial score (nSPS) is 10.5. The van der Waals surface area contributed by atoms with Crippen LogP contribution in [0, 0.1) is 5.82 Å². The Morgan fingerprint density at radius 3 is 2.42 bits per heavy atom. The Hall–Kier alpha value is -0.910. The van der Waals surface area contributed by atoms with Crippen LogP contribution in [0.3, 0.4) is 0 Å². The highest BCUT2D eigenvalue weighted by molar-refractivity contribution is 9.10. The summed E-state index contributed by atoms with van der Waals surface area (Å²) >= 11 is 12.1. The van der Waals surface area contributed by atoms with E-state index < -0.39 is 11.6 Å². The summed E-state index contributed by atoms with van der Waals surface area (Å²) in [6.45, 7) is 0. The lowest BCUT2D eigenvalue weighted by Gasteiger charge is -2.08. The van der Waals surface area contributed by atoms with Crippen molar-refractivity contribution in [2.45, 2.75) is 0 Å². The molecule has 19 heavy (non-hydrogen) atoms. The van der Waals surface area contributed by atoms with Crippen LogP contribution in [0.5, 0.6) is 0 Å². The lowest BCUT2D eigenvalue weighted by Crippen LogP contribution is -2.06. The Balaban J connectivity index is 2.56. The Kier molecular flexibility index (Phi) is 4.28. The molecule has 0 heterocycles. The molecule has 0 fully saturated rings. The Morgan fingerprint density at radius 1 is 1.11 bits per heavy atom. The number of halogens is 4. The average Bonchev–Trinajstić information content (AvgIpc) is 2.38. The maximum Gasteiger partial charge on any atom is 0.197 e. The molecule has 0 aliphatic carbocycles. The van der Waals surface area contributed by atoms with E-state index in [-0.39, 0.29) is 16.1 Å². The molecule has 2 rings (SSSR count). The van der Waals surface area contributed by atoms with Gasteiger partial charge >= 0.3 is 0 Å². The van der Waals surface area contributed by atoms with Gasteiger partial charge in [0.2, 0.25) is 0 Å². The van der Waals surface area contributed by atoms with Crippen LogP contribution in [0.15, 0.2) is 39.3 Å². The van der Waals surface area contributed by atoms with E-state index in [9.17, 15) is 9.18 Å². The minimum atomic E-state index is -0.754. The van der Waals surface area contributed by atoms with Crippen LogP contribution in [0.25, 0.3) is 0 Å². The van der Waals surface area contributed by atoms with E-state index in [1.54, 1.807) is 12.1 Å². The molecule has 0 aliphatic heterocycles. The maximum atomic E-state index is 14.0. The van der Waals surface area contributed by atoms with Crippen LogP contribution in [-0.4, -0.2) is 5.78 Å². The van der Waals surface area contributed by atoms with E-state index in [0.717, 1.165) is 0 Å². The van der Waals surface area contributed by atoms with Crippen LogP contribution >= 0.6 is 43.5 Å². The molecule has 0 spiro atoms. The number of rotatable bonds is 2. The van der Waals surface area contributed by atoms with Crippen molar-refractivity contribution in [1.82, 2.24) is 0 Å². The van der Waals surface area contributed by atoms with Gasteiger partial charge < -0.3 is 5.73 Å². The van der Waals surface area contributed by atoms with Crippen molar-refractivity contribution < 1.29 is 9.18 Å². The summed E-state index contributed by atoms with van der Waals surface area (Å²) in [4.78, 5) is 12.3. The third kappa shape index (κ3) is 2.83. The first-order valence-electron chi connectivity index (χ1n) is 5.15. The number of hydrogen-bond acceptors (Lipinski definition) is 2. The van der Waals surface area contributed by atoms with E-state index in [2.05, 4.69) is 31.9 Å². The maximum absolute atomic E-state index is 14.0. The minimum Gasteiger partial charge on any atom is -0.399 e. The zero-order chi connectivity index (χ0) is 14.2. The number of anilines is 1. The van der Waals surface area contributed by atoms with E-state index in [0.29, 0.717) is 14.6 Å². The number of hydrogen-bond donors (Lipinski definition) is 1. The van der Waals surface area contributed by atoms with Gasteiger partial charge in [0, 0.05) is 20.2 Å². The van der Waals surface area contributed by atoms with Gasteiger partial charge in [0.25, 0.3) is 0 Å². The van der Waals surface area contributed by atoms with Gasteiger partial charge in [0.05, 0.1) is 10.6 Å². The van der Waals surface area contributed by atoms with Crippen LogP contribution in [0.4, 0.5) is 10.1 Å². The Morgan fingerprint density at radius 2 is 1.74 bits per heavy atom. The van der Waals surface area contributed by atoms with E-state index in [1.165, 1.54) is 18.2 Å². The highest BCUT2D eigenvalue weighted by atomic mass is 79.9. The van der Waals surface area contributed by atoms with Crippen molar-refractivity contribution in [1.29, 1.82) is 0 Å². The van der Waals surface area contributed by atoms with Crippen LogP contribution in [0.2, 0.25) is 5.02 Å². The molecule has 2 N–H and O–H groups in total. The van der Waals surface area contributed by atoms with Gasteiger partial charge in [-0.25, -0.2) is 4.39 Å². The van der Waals surface area contributed by atoms with Crippen LogP contribution in [-0.2, 0) is 0 Å². The standard InChI is InChI=1S/C13H7Br2ClFNO/c14-9-3-1-6(18)5-8(9)13(19)7-2-4-10(15)11(16)12(7)17/h1-5H,18H2. The molecule has 0 amide bonds. The lowest BCUT2D eigenvalue weighted by molar-refractivity contribution is 0.103. The van der Waals surface area contributed by atoms with Crippen LogP contribution in [0.1, 0.15) is 15.9 Å². The van der Waals surface area contributed by atoms with Crippen molar-refractivity contribution >= 4 is 54.9 Å². The van der Waals surface area contributed by atoms with Crippen molar-refractivity contribution in [3.8, 4) is 0 Å². The number of carbonyl (C=O) groups is 1. The molecule has 2 aromatic rings. The largest absolute Gasteiger partial charge is 0.399 e. The summed E-state index contributed by atoms with van der Waals surface area (Å²) in [5.74, 6) is -1.23. The monoisotopic (exact) mass is 405 g/mol. The molecule has 2 aromatic carbocycles. The predicted molar refractivity (Wildman–Crippen MR) is 81.1 cm³/mol. The number of nitrogens with two attached hydrogens (primary N) is 1. The lowest BCUT2D eigenvalue weighted by atomic mass is 10.0. The first-order valence-corrected chi connectivity index (χ1v) is 7.11. The number of benzene rings is 2. The molecule has 6 heteroatoms. The summed E-state index contributed by atoms with van der Waals surface area (Å²) in [5, 5.41) is -0.120. The first-order chi connectivity index (χ1) is 8.91. The third-order valence-corrected chi connectivity index (χ3v) is 4.46. The van der Waals surface area contributed by atoms with E-state index in [4.69, 9.17) is 17.3 Å². The second kappa shape index (κ2) is 5.61.